The van der Waals surface area contributed by atoms with E-state index in [9.17, 15) is 4.39 Å². The molecule has 0 aliphatic heterocycles. The second-order valence-electron chi connectivity index (χ2n) is 4.67. The predicted octanol–water partition coefficient (Wildman–Crippen LogP) is 2.30. The van der Waals surface area contributed by atoms with E-state index in [4.69, 9.17) is 4.74 Å². The normalized spacial score (nSPS) is 11.1. The Morgan fingerprint density at radius 3 is 2.50 bits per heavy atom. The highest BCUT2D eigenvalue weighted by molar-refractivity contribution is 5.86. The first-order chi connectivity index (χ1) is 9.83. The van der Waals surface area contributed by atoms with E-state index in [0.29, 0.717) is 5.39 Å². The first-order valence-corrected chi connectivity index (χ1v) is 6.89. The molecule has 2 aromatic carbocycles. The molecule has 3 nitrogen and oxygen atoms in total. The lowest BCUT2D eigenvalue weighted by atomic mass is 10.0. The van der Waals surface area contributed by atoms with Gasteiger partial charge in [0.1, 0.15) is 5.82 Å². The van der Waals surface area contributed by atoms with Gasteiger partial charge in [-0.05, 0) is 17.0 Å². The van der Waals surface area contributed by atoms with E-state index >= 15 is 0 Å². The average molecular weight is 276 g/mol. The molecule has 0 bridgehead atoms. The van der Waals surface area contributed by atoms with Gasteiger partial charge in [0, 0.05) is 38.7 Å². The maximum absolute atomic E-state index is 13.7. The highest BCUT2D eigenvalue weighted by Gasteiger charge is 2.04. The van der Waals surface area contributed by atoms with Gasteiger partial charge >= 0.3 is 0 Å². The van der Waals surface area contributed by atoms with Crippen molar-refractivity contribution in [1.29, 1.82) is 0 Å². The number of benzene rings is 2. The fourth-order valence-corrected chi connectivity index (χ4v) is 2.18. The van der Waals surface area contributed by atoms with E-state index in [2.05, 4.69) is 10.6 Å². The number of ether oxygens (including phenoxy) is 1. The maximum atomic E-state index is 13.7. The van der Waals surface area contributed by atoms with Crippen molar-refractivity contribution in [2.24, 2.45) is 0 Å². The van der Waals surface area contributed by atoms with Gasteiger partial charge in [-0.2, -0.15) is 0 Å². The molecule has 108 valence electrons. The van der Waals surface area contributed by atoms with Crippen LogP contribution in [0.25, 0.3) is 10.8 Å². The van der Waals surface area contributed by atoms with E-state index in [1.54, 1.807) is 7.11 Å². The highest BCUT2D eigenvalue weighted by Crippen LogP contribution is 2.21. The average Bonchev–Trinajstić information content (AvgIpc) is 2.49. The second-order valence-corrected chi connectivity index (χ2v) is 4.67. The zero-order valence-corrected chi connectivity index (χ0v) is 11.8. The lowest BCUT2D eigenvalue weighted by Crippen LogP contribution is -2.29. The monoisotopic (exact) mass is 276 g/mol. The number of methoxy groups -OCH3 is 1. The molecule has 2 rings (SSSR count). The number of fused-ring (bicyclic) bond motifs is 1. The summed E-state index contributed by atoms with van der Waals surface area (Å²) in [6.07, 6.45) is 0. The van der Waals surface area contributed by atoms with Crippen LogP contribution in [0.3, 0.4) is 0 Å². The third-order valence-electron chi connectivity index (χ3n) is 3.24. The Morgan fingerprint density at radius 1 is 0.950 bits per heavy atom. The summed E-state index contributed by atoms with van der Waals surface area (Å²) in [5.41, 5.74) is 1.12. The van der Waals surface area contributed by atoms with E-state index < -0.39 is 0 Å². The van der Waals surface area contributed by atoms with Crippen LogP contribution in [0.2, 0.25) is 0 Å². The first-order valence-electron chi connectivity index (χ1n) is 6.89. The summed E-state index contributed by atoms with van der Waals surface area (Å²) in [7, 11) is 1.69. The quantitative estimate of drug-likeness (QED) is 0.726. The molecule has 0 radical (unpaired) electrons. The Kier molecular flexibility index (Phi) is 5.92. The van der Waals surface area contributed by atoms with Gasteiger partial charge < -0.3 is 15.4 Å². The van der Waals surface area contributed by atoms with Crippen molar-refractivity contribution in [2.45, 2.75) is 6.54 Å². The topological polar surface area (TPSA) is 33.3 Å². The Hall–Kier alpha value is -1.49. The molecule has 0 amide bonds. The van der Waals surface area contributed by atoms with Gasteiger partial charge in [0.05, 0.1) is 6.61 Å². The van der Waals surface area contributed by atoms with Gasteiger partial charge in [0.15, 0.2) is 0 Å². The number of hydrogen-bond donors (Lipinski definition) is 2. The van der Waals surface area contributed by atoms with Crippen LogP contribution in [0.5, 0.6) is 0 Å². The van der Waals surface area contributed by atoms with E-state index in [1.807, 2.05) is 30.3 Å². The van der Waals surface area contributed by atoms with Crippen molar-refractivity contribution in [3.05, 3.63) is 47.8 Å². The molecule has 0 saturated heterocycles. The summed E-state index contributed by atoms with van der Waals surface area (Å²) >= 11 is 0. The van der Waals surface area contributed by atoms with Crippen LogP contribution in [-0.4, -0.2) is 33.4 Å². The molecule has 0 unspecified atom stereocenters. The Labute approximate surface area is 119 Å². The third kappa shape index (κ3) is 4.00. The molecule has 0 spiro atoms. The molecule has 0 aliphatic rings. The first kappa shape index (κ1) is 14.9. The highest BCUT2D eigenvalue weighted by atomic mass is 19.1. The molecule has 0 atom stereocenters. The van der Waals surface area contributed by atoms with Crippen LogP contribution in [0.1, 0.15) is 5.56 Å². The van der Waals surface area contributed by atoms with E-state index in [0.717, 1.165) is 43.7 Å². The summed E-state index contributed by atoms with van der Waals surface area (Å²) < 4.78 is 18.6. The van der Waals surface area contributed by atoms with Crippen molar-refractivity contribution in [3.63, 3.8) is 0 Å². The predicted molar refractivity (Wildman–Crippen MR) is 80.4 cm³/mol. The van der Waals surface area contributed by atoms with Crippen molar-refractivity contribution >= 4 is 10.8 Å². The Morgan fingerprint density at radius 2 is 1.70 bits per heavy atom. The van der Waals surface area contributed by atoms with Crippen molar-refractivity contribution < 1.29 is 9.13 Å². The van der Waals surface area contributed by atoms with Gasteiger partial charge in [0.25, 0.3) is 0 Å². The van der Waals surface area contributed by atoms with E-state index in [-0.39, 0.29) is 5.82 Å². The number of nitrogens with one attached hydrogen (secondary N) is 2. The fourth-order valence-electron chi connectivity index (χ4n) is 2.18. The molecule has 0 heterocycles. The maximum Gasteiger partial charge on any atom is 0.131 e. The van der Waals surface area contributed by atoms with Crippen molar-refractivity contribution in [3.8, 4) is 0 Å². The molecular weight excluding hydrogens is 255 g/mol. The molecule has 20 heavy (non-hydrogen) atoms. The summed E-state index contributed by atoms with van der Waals surface area (Å²) in [6, 6.07) is 11.0. The van der Waals surface area contributed by atoms with Crippen LogP contribution < -0.4 is 10.6 Å². The molecule has 4 heteroatoms. The molecule has 2 N–H and O–H groups in total. The lowest BCUT2D eigenvalue weighted by Gasteiger charge is -2.09. The number of hydrogen-bond acceptors (Lipinski definition) is 3. The van der Waals surface area contributed by atoms with E-state index in [1.165, 1.54) is 6.07 Å². The molecule has 0 saturated carbocycles. The van der Waals surface area contributed by atoms with Crippen LogP contribution in [-0.2, 0) is 11.3 Å². The van der Waals surface area contributed by atoms with Crippen LogP contribution in [0.4, 0.5) is 4.39 Å². The fraction of sp³-hybridized carbons (Fsp3) is 0.375. The van der Waals surface area contributed by atoms with Gasteiger partial charge in [-0.15, -0.1) is 0 Å². The van der Waals surface area contributed by atoms with Crippen LogP contribution >= 0.6 is 0 Å². The van der Waals surface area contributed by atoms with Crippen molar-refractivity contribution in [2.75, 3.05) is 33.4 Å². The molecule has 2 aromatic rings. The Balaban J connectivity index is 1.86. The summed E-state index contributed by atoms with van der Waals surface area (Å²) in [4.78, 5) is 0. The molecule has 0 aromatic heterocycles. The summed E-state index contributed by atoms with van der Waals surface area (Å²) in [6.45, 7) is 4.09. The van der Waals surface area contributed by atoms with Gasteiger partial charge in [-0.1, -0.05) is 30.3 Å². The standard InChI is InChI=1S/C16H21FN2O/c1-20-11-10-18-8-9-19-12-13-6-7-16(17)15-5-3-2-4-14(13)15/h2-7,18-19H,8-12H2,1H3. The molecular formula is C16H21FN2O. The zero-order chi connectivity index (χ0) is 14.2. The number of rotatable bonds is 8. The van der Waals surface area contributed by atoms with Gasteiger partial charge in [-0.25, -0.2) is 4.39 Å². The number of halogens is 1. The largest absolute Gasteiger partial charge is 0.383 e. The summed E-state index contributed by atoms with van der Waals surface area (Å²) in [5.74, 6) is -0.161. The van der Waals surface area contributed by atoms with Gasteiger partial charge in [-0.3, -0.25) is 0 Å². The molecule has 0 fully saturated rings. The SMILES string of the molecule is COCCNCCNCc1ccc(F)c2ccccc12. The van der Waals surface area contributed by atoms with Crippen LogP contribution in [0.15, 0.2) is 36.4 Å². The van der Waals surface area contributed by atoms with Crippen LogP contribution in [0, 0.1) is 5.82 Å². The molecule has 0 aliphatic carbocycles. The second kappa shape index (κ2) is 7.94. The van der Waals surface area contributed by atoms with Crippen molar-refractivity contribution in [1.82, 2.24) is 10.6 Å². The van der Waals surface area contributed by atoms with Gasteiger partial charge in [0.2, 0.25) is 0 Å². The summed E-state index contributed by atoms with van der Waals surface area (Å²) in [5, 5.41) is 8.30. The Bertz CT molecular complexity index is 545. The third-order valence-corrected chi connectivity index (χ3v) is 3.24. The smallest absolute Gasteiger partial charge is 0.131 e. The minimum Gasteiger partial charge on any atom is -0.383 e. The lowest BCUT2D eigenvalue weighted by molar-refractivity contribution is 0.199. The minimum absolute atomic E-state index is 0.161. The zero-order valence-electron chi connectivity index (χ0n) is 11.8. The minimum atomic E-state index is -0.161.